The first-order valence-electron chi connectivity index (χ1n) is 8.96. The monoisotopic (exact) mass is 419 g/mol. The van der Waals surface area contributed by atoms with Gasteiger partial charge in [-0.15, -0.1) is 0 Å². The molecular formula is C20H21NO7S. The average molecular weight is 419 g/mol. The van der Waals surface area contributed by atoms with Gasteiger partial charge >= 0.3 is 11.9 Å². The van der Waals surface area contributed by atoms with Gasteiger partial charge in [-0.3, -0.25) is 4.79 Å². The summed E-state index contributed by atoms with van der Waals surface area (Å²) in [6, 6.07) is 7.14. The highest BCUT2D eigenvalue weighted by Gasteiger charge is 2.31. The van der Waals surface area contributed by atoms with Gasteiger partial charge in [0, 0.05) is 11.8 Å². The Kier molecular flexibility index (Phi) is 5.52. The highest BCUT2D eigenvalue weighted by molar-refractivity contribution is 7.91. The summed E-state index contributed by atoms with van der Waals surface area (Å²) in [4.78, 5) is 21.9. The number of aryl methyl sites for hydroxylation is 2. The molecule has 8 nitrogen and oxygen atoms in total. The molecule has 0 aliphatic heterocycles. The minimum absolute atomic E-state index is 0.0000409. The fraction of sp³-hybridized carbons (Fsp3) is 0.300. The van der Waals surface area contributed by atoms with E-state index < -0.39 is 21.7 Å². The van der Waals surface area contributed by atoms with Gasteiger partial charge in [-0.25, -0.2) is 13.2 Å². The normalized spacial score (nSPS) is 13.7. The maximum atomic E-state index is 12.5. The van der Waals surface area contributed by atoms with E-state index in [-0.39, 0.29) is 28.1 Å². The molecule has 154 valence electrons. The van der Waals surface area contributed by atoms with Gasteiger partial charge in [0.1, 0.15) is 22.1 Å². The maximum absolute atomic E-state index is 12.5. The Morgan fingerprint density at radius 1 is 1.14 bits per heavy atom. The number of ether oxygens (including phenoxy) is 1. The molecule has 29 heavy (non-hydrogen) atoms. The molecule has 1 amide bonds. The smallest absolute Gasteiger partial charge is 0.394 e. The van der Waals surface area contributed by atoms with Crippen LogP contribution in [-0.2, 0) is 19.4 Å². The van der Waals surface area contributed by atoms with Crippen molar-refractivity contribution in [3.63, 3.8) is 0 Å². The summed E-state index contributed by atoms with van der Waals surface area (Å²) in [5.74, 6) is -2.24. The molecule has 2 aromatic rings. The van der Waals surface area contributed by atoms with Gasteiger partial charge in [0.05, 0.1) is 5.75 Å². The van der Waals surface area contributed by atoms with Crippen molar-refractivity contribution in [2.75, 3.05) is 11.1 Å². The highest BCUT2D eigenvalue weighted by atomic mass is 32.2. The number of rotatable bonds is 6. The van der Waals surface area contributed by atoms with Crippen molar-refractivity contribution in [2.45, 2.75) is 31.6 Å². The number of carbonyl (C=O) groups excluding carboxylic acids is 1. The third-order valence-electron chi connectivity index (χ3n) is 4.55. The molecule has 9 heteroatoms. The van der Waals surface area contributed by atoms with Crippen molar-refractivity contribution < 1.29 is 33.0 Å². The number of amides is 1. The number of aliphatic carboxylic acids is 1. The van der Waals surface area contributed by atoms with Crippen LogP contribution in [0.15, 0.2) is 35.2 Å². The van der Waals surface area contributed by atoms with Gasteiger partial charge in [-0.05, 0) is 68.0 Å². The topological polar surface area (TPSA) is 130 Å². The van der Waals surface area contributed by atoms with Crippen molar-refractivity contribution >= 4 is 27.4 Å². The molecule has 0 radical (unpaired) electrons. The maximum Gasteiger partial charge on any atom is 0.394 e. The summed E-state index contributed by atoms with van der Waals surface area (Å²) in [6.45, 7) is 3.42. The first-order chi connectivity index (χ1) is 13.6. The fourth-order valence-corrected chi connectivity index (χ4v) is 4.79. The number of hydrogen-bond donors (Lipinski definition) is 3. The Hall–Kier alpha value is -3.07. The predicted octanol–water partition coefficient (Wildman–Crippen LogP) is 3.01. The lowest BCUT2D eigenvalue weighted by Crippen LogP contribution is -2.21. The largest absolute Gasteiger partial charge is 0.507 e. The molecule has 0 unspecified atom stereocenters. The molecule has 0 saturated heterocycles. The third-order valence-corrected chi connectivity index (χ3v) is 6.46. The minimum Gasteiger partial charge on any atom is -0.507 e. The number of aromatic hydroxyl groups is 1. The first-order valence-corrected chi connectivity index (χ1v) is 10.6. The number of hydrogen-bond acceptors (Lipinski definition) is 6. The second-order valence-corrected chi connectivity index (χ2v) is 9.16. The number of carboxylic acids is 1. The van der Waals surface area contributed by atoms with Crippen molar-refractivity contribution in [2.24, 2.45) is 5.92 Å². The van der Waals surface area contributed by atoms with Crippen LogP contribution in [0.5, 0.6) is 17.2 Å². The van der Waals surface area contributed by atoms with Crippen molar-refractivity contribution in [3.05, 3.63) is 41.5 Å². The lowest BCUT2D eigenvalue weighted by Gasteiger charge is -2.15. The summed E-state index contributed by atoms with van der Waals surface area (Å²) >= 11 is 0. The number of sulfone groups is 1. The van der Waals surface area contributed by atoms with Gasteiger partial charge in [0.2, 0.25) is 0 Å². The number of anilines is 1. The summed E-state index contributed by atoms with van der Waals surface area (Å²) < 4.78 is 30.9. The van der Waals surface area contributed by atoms with Crippen LogP contribution >= 0.6 is 0 Å². The third kappa shape index (κ3) is 4.86. The van der Waals surface area contributed by atoms with E-state index in [4.69, 9.17) is 9.84 Å². The molecule has 0 aromatic heterocycles. The van der Waals surface area contributed by atoms with Crippen molar-refractivity contribution in [3.8, 4) is 17.2 Å². The van der Waals surface area contributed by atoms with E-state index in [2.05, 4.69) is 5.32 Å². The van der Waals surface area contributed by atoms with Crippen LogP contribution in [0.1, 0.15) is 24.0 Å². The van der Waals surface area contributed by atoms with E-state index in [0.717, 1.165) is 12.8 Å². The molecule has 1 fully saturated rings. The van der Waals surface area contributed by atoms with E-state index in [1.807, 2.05) is 0 Å². The molecule has 0 spiro atoms. The Labute approximate surface area is 168 Å². The van der Waals surface area contributed by atoms with Crippen LogP contribution in [-0.4, -0.2) is 36.3 Å². The SMILES string of the molecule is Cc1cc(NC(=O)C(=O)O)cc(C)c1Oc1ccc(O)c(S(=O)(=O)CC2CC2)c1. The first kappa shape index (κ1) is 20.7. The summed E-state index contributed by atoms with van der Waals surface area (Å²) in [6.07, 6.45) is 1.75. The molecule has 3 N–H and O–H groups in total. The van der Waals surface area contributed by atoms with Crippen molar-refractivity contribution in [1.29, 1.82) is 0 Å². The zero-order valence-electron chi connectivity index (χ0n) is 15.9. The molecular weight excluding hydrogens is 398 g/mol. The molecule has 1 aliphatic carbocycles. The summed E-state index contributed by atoms with van der Waals surface area (Å²) in [5.41, 5.74) is 1.53. The van der Waals surface area contributed by atoms with Crippen LogP contribution in [0.4, 0.5) is 5.69 Å². The molecule has 3 rings (SSSR count). The highest BCUT2D eigenvalue weighted by Crippen LogP contribution is 2.37. The number of carboxylic acid groups (broad SMARTS) is 1. The lowest BCUT2D eigenvalue weighted by atomic mass is 10.1. The zero-order chi connectivity index (χ0) is 21.3. The number of benzene rings is 2. The molecule has 0 heterocycles. The summed E-state index contributed by atoms with van der Waals surface area (Å²) in [7, 11) is -3.62. The number of nitrogens with one attached hydrogen (secondary N) is 1. The number of carbonyl (C=O) groups is 2. The van der Waals surface area contributed by atoms with Gasteiger partial charge in [0.15, 0.2) is 9.84 Å². The molecule has 0 bridgehead atoms. The summed E-state index contributed by atoms with van der Waals surface area (Å²) in [5, 5.41) is 21.0. The van der Waals surface area contributed by atoms with Crippen LogP contribution in [0.25, 0.3) is 0 Å². The minimum atomic E-state index is -3.62. The van der Waals surface area contributed by atoms with Gasteiger partial charge in [-0.2, -0.15) is 0 Å². The van der Waals surface area contributed by atoms with Gasteiger partial charge < -0.3 is 20.3 Å². The Morgan fingerprint density at radius 3 is 2.31 bits per heavy atom. The average Bonchev–Trinajstić information content (AvgIpc) is 3.42. The Balaban J connectivity index is 1.87. The Morgan fingerprint density at radius 2 is 1.76 bits per heavy atom. The van der Waals surface area contributed by atoms with Crippen LogP contribution < -0.4 is 10.1 Å². The second-order valence-electron chi connectivity index (χ2n) is 7.15. The standard InChI is InChI=1S/C20H21NO7S/c1-11-7-14(21-19(23)20(24)25)8-12(2)18(11)28-15-5-6-16(22)17(9-15)29(26,27)10-13-3-4-13/h5-9,13,22H,3-4,10H2,1-2H3,(H,21,23)(H,24,25). The second kappa shape index (κ2) is 7.75. The van der Waals surface area contributed by atoms with Crippen molar-refractivity contribution in [1.82, 2.24) is 0 Å². The molecule has 0 atom stereocenters. The van der Waals surface area contributed by atoms with E-state index in [1.54, 1.807) is 26.0 Å². The van der Waals surface area contributed by atoms with Gasteiger partial charge in [0.25, 0.3) is 0 Å². The number of phenolic OH excluding ortho intramolecular Hbond substituents is 1. The van der Waals surface area contributed by atoms with E-state index >= 15 is 0 Å². The lowest BCUT2D eigenvalue weighted by molar-refractivity contribution is -0.147. The van der Waals surface area contributed by atoms with Crippen LogP contribution in [0, 0.1) is 19.8 Å². The van der Waals surface area contributed by atoms with E-state index in [1.165, 1.54) is 18.2 Å². The molecule has 2 aromatic carbocycles. The predicted molar refractivity (Wildman–Crippen MR) is 105 cm³/mol. The van der Waals surface area contributed by atoms with E-state index in [0.29, 0.717) is 22.6 Å². The number of phenols is 1. The Bertz CT molecular complexity index is 1060. The van der Waals surface area contributed by atoms with Crippen LogP contribution in [0.3, 0.4) is 0 Å². The molecule has 1 saturated carbocycles. The van der Waals surface area contributed by atoms with Crippen LogP contribution in [0.2, 0.25) is 0 Å². The molecule has 1 aliphatic rings. The zero-order valence-corrected chi connectivity index (χ0v) is 16.7. The van der Waals surface area contributed by atoms with Gasteiger partial charge in [-0.1, -0.05) is 0 Å². The quantitative estimate of drug-likeness (QED) is 0.614. The van der Waals surface area contributed by atoms with E-state index in [9.17, 15) is 23.1 Å². The fourth-order valence-electron chi connectivity index (χ4n) is 2.98.